The van der Waals surface area contributed by atoms with Crippen LogP contribution < -0.4 is 14.4 Å². The maximum Gasteiger partial charge on any atom is 0.257 e. The lowest BCUT2D eigenvalue weighted by Crippen LogP contribution is -2.65. The van der Waals surface area contributed by atoms with E-state index in [9.17, 15) is 9.18 Å². The third-order valence-electron chi connectivity index (χ3n) is 10.7. The average Bonchev–Trinajstić information content (AvgIpc) is 3.04. The molecule has 1 aliphatic carbocycles. The standard InChI is InChI=1S/C37H48FN7O3/c1-5-45(25(2)3)36(46)29-16-27(38)6-7-32(29)48-34-19-39-24-41-35(34)44-22-37(23-44)17-28(18-37)47-33-8-12-40-31-11-15-43(21-30(31)33)20-26-9-13-42(4)14-10-26/h6-8,12,16,19,24-26,28H,5,9-11,13-15,17-18,20-23H2,1-4H3. The molecule has 1 aromatic carbocycles. The third kappa shape index (κ3) is 6.72. The maximum atomic E-state index is 14.3. The van der Waals surface area contributed by atoms with Gasteiger partial charge in [-0.05, 0) is 96.8 Å². The van der Waals surface area contributed by atoms with E-state index in [1.807, 2.05) is 27.0 Å². The van der Waals surface area contributed by atoms with E-state index in [1.54, 1.807) is 11.1 Å². The van der Waals surface area contributed by atoms with E-state index >= 15 is 0 Å². The van der Waals surface area contributed by atoms with Crippen LogP contribution in [0.4, 0.5) is 10.2 Å². The fourth-order valence-corrected chi connectivity index (χ4v) is 8.08. The summed E-state index contributed by atoms with van der Waals surface area (Å²) in [6.45, 7) is 13.5. The highest BCUT2D eigenvalue weighted by Gasteiger charge is 2.54. The topological polar surface area (TPSA) is 87.2 Å². The summed E-state index contributed by atoms with van der Waals surface area (Å²) in [6, 6.07) is 6.07. The summed E-state index contributed by atoms with van der Waals surface area (Å²) in [5, 5.41) is 0. The highest BCUT2D eigenvalue weighted by atomic mass is 19.1. The van der Waals surface area contributed by atoms with Crippen molar-refractivity contribution in [3.8, 4) is 17.2 Å². The number of fused-ring (bicyclic) bond motifs is 1. The fraction of sp³-hybridized carbons (Fsp3) is 0.568. The fourth-order valence-electron chi connectivity index (χ4n) is 8.08. The van der Waals surface area contributed by atoms with Gasteiger partial charge in [0.15, 0.2) is 11.6 Å². The molecule has 3 aromatic rings. The molecule has 0 radical (unpaired) electrons. The van der Waals surface area contributed by atoms with E-state index in [0.29, 0.717) is 18.1 Å². The van der Waals surface area contributed by atoms with Gasteiger partial charge in [0.2, 0.25) is 0 Å². The summed E-state index contributed by atoms with van der Waals surface area (Å²) in [6.07, 6.45) is 10.7. The largest absolute Gasteiger partial charge is 0.490 e. The Morgan fingerprint density at radius 3 is 2.62 bits per heavy atom. The molecule has 11 heteroatoms. The van der Waals surface area contributed by atoms with Crippen LogP contribution in [0.25, 0.3) is 0 Å². The number of nitrogens with zero attached hydrogens (tertiary/aromatic N) is 7. The molecule has 1 spiro atoms. The molecule has 5 heterocycles. The lowest BCUT2D eigenvalue weighted by molar-refractivity contribution is -0.0353. The number of halogens is 1. The molecule has 2 aromatic heterocycles. The van der Waals surface area contributed by atoms with Gasteiger partial charge in [-0.3, -0.25) is 14.7 Å². The van der Waals surface area contributed by atoms with E-state index in [-0.39, 0.29) is 34.8 Å². The van der Waals surface area contributed by atoms with Gasteiger partial charge in [-0.25, -0.2) is 14.4 Å². The van der Waals surface area contributed by atoms with Gasteiger partial charge in [0.05, 0.1) is 11.8 Å². The SMILES string of the molecule is CCN(C(=O)c1cc(F)ccc1Oc1cncnc1N1CC2(CC(Oc3ccnc4c3CN(CC3CCN(C)CC3)CC4)C2)C1)C(C)C. The number of benzene rings is 1. The zero-order chi connectivity index (χ0) is 33.4. The summed E-state index contributed by atoms with van der Waals surface area (Å²) >= 11 is 0. The first-order valence-corrected chi connectivity index (χ1v) is 17.6. The van der Waals surface area contributed by atoms with Gasteiger partial charge in [0.1, 0.15) is 29.7 Å². The Balaban J connectivity index is 0.970. The Labute approximate surface area is 283 Å². The first kappa shape index (κ1) is 32.7. The second-order valence-electron chi connectivity index (χ2n) is 14.6. The van der Waals surface area contributed by atoms with E-state index in [2.05, 4.69) is 37.8 Å². The Bertz CT molecular complexity index is 1610. The first-order chi connectivity index (χ1) is 23.2. The van der Waals surface area contributed by atoms with Crippen LogP contribution in [-0.4, -0.2) is 101 Å². The quantitative estimate of drug-likeness (QED) is 0.284. The number of anilines is 1. The van der Waals surface area contributed by atoms with Crippen molar-refractivity contribution < 1.29 is 18.7 Å². The van der Waals surface area contributed by atoms with Crippen LogP contribution in [0.2, 0.25) is 0 Å². The normalized spacial score (nSPS) is 19.9. The van der Waals surface area contributed by atoms with Gasteiger partial charge in [-0.1, -0.05) is 0 Å². The zero-order valence-corrected chi connectivity index (χ0v) is 28.7. The molecule has 1 saturated carbocycles. The number of carbonyl (C=O) groups is 1. The molecule has 0 bridgehead atoms. The van der Waals surface area contributed by atoms with Gasteiger partial charge in [0.25, 0.3) is 5.91 Å². The maximum absolute atomic E-state index is 14.3. The number of hydrogen-bond acceptors (Lipinski definition) is 9. The van der Waals surface area contributed by atoms with Gasteiger partial charge in [-0.2, -0.15) is 0 Å². The number of rotatable bonds is 10. The molecule has 3 aliphatic heterocycles. The molecule has 10 nitrogen and oxygen atoms in total. The molecule has 1 amide bonds. The highest BCUT2D eigenvalue weighted by molar-refractivity contribution is 5.97. The molecule has 0 atom stereocenters. The number of ether oxygens (including phenoxy) is 2. The minimum atomic E-state index is -0.487. The molecule has 0 unspecified atom stereocenters. The summed E-state index contributed by atoms with van der Waals surface area (Å²) in [4.78, 5) is 35.8. The van der Waals surface area contributed by atoms with Crippen LogP contribution in [-0.2, 0) is 13.0 Å². The van der Waals surface area contributed by atoms with E-state index < -0.39 is 5.82 Å². The Hall–Kier alpha value is -3.83. The predicted octanol–water partition coefficient (Wildman–Crippen LogP) is 5.42. The summed E-state index contributed by atoms with van der Waals surface area (Å²) in [5.74, 6) is 2.42. The average molecular weight is 658 g/mol. The van der Waals surface area contributed by atoms with E-state index in [0.717, 1.165) is 63.7 Å². The minimum Gasteiger partial charge on any atom is -0.490 e. The minimum absolute atomic E-state index is 0.0329. The lowest BCUT2D eigenvalue weighted by Gasteiger charge is -2.59. The van der Waals surface area contributed by atoms with Crippen LogP contribution in [0.3, 0.4) is 0 Å². The lowest BCUT2D eigenvalue weighted by atomic mass is 9.61. The first-order valence-electron chi connectivity index (χ1n) is 17.6. The number of amides is 1. The molecule has 256 valence electrons. The van der Waals surface area contributed by atoms with Crippen molar-refractivity contribution in [2.75, 3.05) is 57.8 Å². The Morgan fingerprint density at radius 2 is 1.88 bits per heavy atom. The number of likely N-dealkylation sites (tertiary alicyclic amines) is 1. The Kier molecular flexibility index (Phi) is 9.26. The van der Waals surface area contributed by atoms with E-state index in [1.165, 1.54) is 61.7 Å². The van der Waals surface area contributed by atoms with Crippen LogP contribution in [0, 0.1) is 17.2 Å². The van der Waals surface area contributed by atoms with E-state index in [4.69, 9.17) is 14.5 Å². The second kappa shape index (κ2) is 13.6. The van der Waals surface area contributed by atoms with Crippen LogP contribution in [0.15, 0.2) is 43.0 Å². The monoisotopic (exact) mass is 657 g/mol. The molecular formula is C37H48FN7O3. The van der Waals surface area contributed by atoms with Crippen molar-refractivity contribution in [1.82, 2.24) is 29.7 Å². The number of hydrogen-bond donors (Lipinski definition) is 0. The third-order valence-corrected chi connectivity index (χ3v) is 10.7. The molecule has 48 heavy (non-hydrogen) atoms. The van der Waals surface area contributed by atoms with Crippen molar-refractivity contribution in [1.29, 1.82) is 0 Å². The summed E-state index contributed by atoms with van der Waals surface area (Å²) in [5.41, 5.74) is 2.81. The molecular weight excluding hydrogens is 609 g/mol. The van der Waals surface area contributed by atoms with Crippen LogP contribution in [0.5, 0.6) is 17.2 Å². The van der Waals surface area contributed by atoms with Crippen molar-refractivity contribution in [3.05, 3.63) is 65.6 Å². The summed E-state index contributed by atoms with van der Waals surface area (Å²) < 4.78 is 27.2. The number of pyridine rings is 1. The van der Waals surface area contributed by atoms with Gasteiger partial charge in [-0.15, -0.1) is 0 Å². The molecule has 4 aliphatic rings. The van der Waals surface area contributed by atoms with Gasteiger partial charge < -0.3 is 24.2 Å². The van der Waals surface area contributed by atoms with Crippen molar-refractivity contribution in [3.63, 3.8) is 0 Å². The molecule has 2 saturated heterocycles. The zero-order valence-electron chi connectivity index (χ0n) is 28.7. The predicted molar refractivity (Wildman–Crippen MR) is 182 cm³/mol. The van der Waals surface area contributed by atoms with Crippen LogP contribution in [0.1, 0.15) is 68.1 Å². The summed E-state index contributed by atoms with van der Waals surface area (Å²) in [7, 11) is 2.22. The Morgan fingerprint density at radius 1 is 1.08 bits per heavy atom. The number of carbonyl (C=O) groups excluding carboxylic acids is 1. The van der Waals surface area contributed by atoms with Gasteiger partial charge >= 0.3 is 0 Å². The number of piperidine rings is 1. The number of aromatic nitrogens is 3. The van der Waals surface area contributed by atoms with Crippen molar-refractivity contribution in [2.24, 2.45) is 11.3 Å². The van der Waals surface area contributed by atoms with Crippen LogP contribution >= 0.6 is 0 Å². The van der Waals surface area contributed by atoms with Gasteiger partial charge in [0, 0.05) is 74.6 Å². The molecule has 7 rings (SSSR count). The molecule has 3 fully saturated rings. The second-order valence-corrected chi connectivity index (χ2v) is 14.6. The highest BCUT2D eigenvalue weighted by Crippen LogP contribution is 2.52. The van der Waals surface area contributed by atoms with Crippen molar-refractivity contribution in [2.45, 2.75) is 71.6 Å². The smallest absolute Gasteiger partial charge is 0.257 e. The molecule has 0 N–H and O–H groups in total. The van der Waals surface area contributed by atoms with Crippen molar-refractivity contribution >= 4 is 11.7 Å².